The predicted molar refractivity (Wildman–Crippen MR) is 140 cm³/mol. The number of fused-ring (bicyclic) bond motifs is 5. The zero-order chi connectivity index (χ0) is 23.8. The maximum atomic E-state index is 6.62. The van der Waals surface area contributed by atoms with E-state index < -0.39 is 7.74 Å². The molecule has 2 aliphatic rings. The van der Waals surface area contributed by atoms with Gasteiger partial charge >= 0.3 is 206 Å². The van der Waals surface area contributed by atoms with E-state index in [-0.39, 0.29) is 0 Å². The summed E-state index contributed by atoms with van der Waals surface area (Å²) in [6.45, 7) is 0. The molecule has 8 rings (SSSR count). The first-order valence-corrected chi connectivity index (χ1v) is 13.4. The van der Waals surface area contributed by atoms with Crippen LogP contribution in [-0.4, -0.2) is 4.98 Å². The third-order valence-corrected chi connectivity index (χ3v) is 8.93. The molecule has 0 saturated heterocycles. The van der Waals surface area contributed by atoms with Crippen LogP contribution in [0, 0.1) is 0 Å². The van der Waals surface area contributed by atoms with Gasteiger partial charge in [-0.25, -0.2) is 0 Å². The van der Waals surface area contributed by atoms with Crippen molar-refractivity contribution < 1.29 is 22.6 Å². The Balaban J connectivity index is 1.33. The molecular formula is C29H18NO5P. The summed E-state index contributed by atoms with van der Waals surface area (Å²) in [5, 5.41) is 4.94. The van der Waals surface area contributed by atoms with Crippen LogP contribution in [0.2, 0.25) is 0 Å². The molecule has 0 saturated carbocycles. The number of hydrogen-bond acceptors (Lipinski definition) is 6. The van der Waals surface area contributed by atoms with Gasteiger partial charge in [0.15, 0.2) is 0 Å². The second-order valence-electron chi connectivity index (χ2n) is 8.83. The van der Waals surface area contributed by atoms with Crippen molar-refractivity contribution in [2.75, 3.05) is 0 Å². The quantitative estimate of drug-likeness (QED) is 0.229. The van der Waals surface area contributed by atoms with E-state index >= 15 is 0 Å². The molecule has 5 aromatic carbocycles. The molecular weight excluding hydrogens is 473 g/mol. The molecule has 7 heteroatoms. The van der Waals surface area contributed by atoms with Gasteiger partial charge in [-0.15, -0.1) is 0 Å². The Morgan fingerprint density at radius 3 is 1.44 bits per heavy atom. The van der Waals surface area contributed by atoms with Crippen molar-refractivity contribution >= 4 is 40.2 Å². The van der Waals surface area contributed by atoms with Gasteiger partial charge in [-0.05, 0) is 0 Å². The number of pyridine rings is 1. The van der Waals surface area contributed by atoms with Gasteiger partial charge in [0.2, 0.25) is 0 Å². The number of rotatable bonds is 2. The van der Waals surface area contributed by atoms with Crippen LogP contribution in [0.3, 0.4) is 0 Å². The summed E-state index contributed by atoms with van der Waals surface area (Å²) in [5.74, 6) is 2.43. The predicted octanol–water partition coefficient (Wildman–Crippen LogP) is 7.99. The van der Waals surface area contributed by atoms with E-state index in [4.69, 9.17) is 22.6 Å². The molecule has 0 fully saturated rings. The Morgan fingerprint density at radius 1 is 0.500 bits per heavy atom. The van der Waals surface area contributed by atoms with Crippen molar-refractivity contribution in [2.24, 2.45) is 0 Å². The molecule has 1 aromatic heterocycles. The van der Waals surface area contributed by atoms with E-state index in [9.17, 15) is 0 Å². The van der Waals surface area contributed by atoms with Crippen molar-refractivity contribution in [3.63, 3.8) is 0 Å². The third kappa shape index (κ3) is 2.79. The van der Waals surface area contributed by atoms with Crippen LogP contribution >= 0.6 is 7.74 Å². The Kier molecular flexibility index (Phi) is 3.71. The van der Waals surface area contributed by atoms with E-state index in [2.05, 4.69) is 4.98 Å². The van der Waals surface area contributed by atoms with E-state index in [0.717, 1.165) is 26.9 Å². The van der Waals surface area contributed by atoms with Crippen LogP contribution in [0.25, 0.3) is 32.4 Å². The molecule has 0 amide bonds. The number of nitrogens with zero attached hydrogens (tertiary/aromatic N) is 1. The maximum absolute atomic E-state index is 6.62. The molecule has 0 unspecified atom stereocenters. The Labute approximate surface area is 205 Å². The summed E-state index contributed by atoms with van der Waals surface area (Å²) in [4.78, 5) is 4.54. The number of hydrogen-bond donors (Lipinski definition) is 0. The Morgan fingerprint density at radius 2 is 0.944 bits per heavy atom. The van der Waals surface area contributed by atoms with E-state index in [1.807, 2.05) is 103 Å². The van der Waals surface area contributed by atoms with E-state index in [0.29, 0.717) is 34.3 Å². The van der Waals surface area contributed by atoms with Crippen LogP contribution in [0.4, 0.5) is 0 Å². The van der Waals surface area contributed by atoms with Gasteiger partial charge in [0, 0.05) is 0 Å². The van der Waals surface area contributed by atoms with Crippen molar-refractivity contribution in [3.05, 3.63) is 109 Å². The van der Waals surface area contributed by atoms with Gasteiger partial charge in [0.05, 0.1) is 0 Å². The van der Waals surface area contributed by atoms with Crippen LogP contribution in [0.1, 0.15) is 0 Å². The molecule has 3 heterocycles. The van der Waals surface area contributed by atoms with Crippen LogP contribution in [0.5, 0.6) is 28.7 Å². The van der Waals surface area contributed by atoms with Crippen molar-refractivity contribution in [2.45, 2.75) is 0 Å². The second-order valence-corrected chi connectivity index (χ2v) is 11.2. The second kappa shape index (κ2) is 6.78. The van der Waals surface area contributed by atoms with Crippen molar-refractivity contribution in [3.8, 4) is 28.7 Å². The summed E-state index contributed by atoms with van der Waals surface area (Å²) < 4.78 is 32.7. The van der Waals surface area contributed by atoms with Crippen molar-refractivity contribution in [1.82, 2.24) is 4.98 Å². The fraction of sp³-hybridized carbons (Fsp3) is 0. The molecule has 6 aromatic rings. The fourth-order valence-corrected chi connectivity index (χ4v) is 7.52. The summed E-state index contributed by atoms with van der Waals surface area (Å²) in [6.07, 6.45) is 1.72. The third-order valence-electron chi connectivity index (χ3n) is 6.46. The molecule has 0 N–H and O–H groups in total. The molecule has 0 radical (unpaired) electrons. The fourth-order valence-electron chi connectivity index (χ4n) is 4.82. The molecule has 0 aliphatic carbocycles. The monoisotopic (exact) mass is 491 g/mol. The summed E-state index contributed by atoms with van der Waals surface area (Å²) in [7, 11) is -4.74. The summed E-state index contributed by atoms with van der Waals surface area (Å²) in [6, 6.07) is 33.2. The molecule has 0 atom stereocenters. The Hall–Kier alpha value is -4.54. The van der Waals surface area contributed by atoms with Crippen LogP contribution in [0.15, 0.2) is 109 Å². The minimum absolute atomic E-state index is 0.445. The van der Waals surface area contributed by atoms with Gasteiger partial charge in [0.1, 0.15) is 0 Å². The first-order valence-electron chi connectivity index (χ1n) is 11.6. The molecule has 0 bridgehead atoms. The standard InChI is InChI=1S/C29H18NO5P/c1-2-8-21-16-26-25(15-20(21)7-1)32-36(33-26,31-24-13-5-11-19-12-6-14-30-29(19)24)34-27-17-22-9-3-4-10-23(22)18-28(27)35-36/h1-18H. The molecule has 6 nitrogen and oxygen atoms in total. The first-order chi connectivity index (χ1) is 17.7. The van der Waals surface area contributed by atoms with Crippen LogP contribution < -0.4 is 22.6 Å². The summed E-state index contributed by atoms with van der Waals surface area (Å²) in [5.41, 5.74) is 0.653. The topological polar surface area (TPSA) is 59.0 Å². The summed E-state index contributed by atoms with van der Waals surface area (Å²) >= 11 is 0. The van der Waals surface area contributed by atoms with E-state index in [1.54, 1.807) is 6.20 Å². The normalized spacial score (nSPS) is 17.3. The molecule has 36 heavy (non-hydrogen) atoms. The average Bonchev–Trinajstić information content (AvgIpc) is 3.37. The van der Waals surface area contributed by atoms with Gasteiger partial charge in [-0.2, -0.15) is 0 Å². The van der Waals surface area contributed by atoms with Crippen molar-refractivity contribution in [1.29, 1.82) is 0 Å². The van der Waals surface area contributed by atoms with Gasteiger partial charge in [-0.1, -0.05) is 0 Å². The van der Waals surface area contributed by atoms with Gasteiger partial charge in [-0.3, -0.25) is 0 Å². The zero-order valence-electron chi connectivity index (χ0n) is 18.8. The SMILES string of the molecule is c1ccc2cc3c(cc2c1)OP1(Oc2cccc4cccnc24)(O3)Oc2cc3ccccc3cc2O1. The minimum atomic E-state index is -4.74. The van der Waals surface area contributed by atoms with E-state index in [1.165, 1.54) is 0 Å². The molecule has 2 aliphatic heterocycles. The number of para-hydroxylation sites is 1. The molecule has 174 valence electrons. The van der Waals surface area contributed by atoms with Gasteiger partial charge < -0.3 is 0 Å². The number of benzene rings is 5. The molecule has 1 spiro atoms. The zero-order valence-corrected chi connectivity index (χ0v) is 19.7. The number of aromatic nitrogens is 1. The van der Waals surface area contributed by atoms with Gasteiger partial charge in [0.25, 0.3) is 0 Å². The first kappa shape index (κ1) is 19.7. The Bertz CT molecular complexity index is 1670. The van der Waals surface area contributed by atoms with Crippen LogP contribution in [-0.2, 0) is 0 Å². The average molecular weight is 491 g/mol.